The number of piperazine rings is 1. The predicted octanol–water partition coefficient (Wildman–Crippen LogP) is 2.91. The van der Waals surface area contributed by atoms with Gasteiger partial charge >= 0.3 is 6.18 Å². The van der Waals surface area contributed by atoms with E-state index in [1.807, 2.05) is 18.7 Å². The molecule has 15 heteroatoms. The Hall–Kier alpha value is -4.30. The Labute approximate surface area is 267 Å². The topological polar surface area (TPSA) is 146 Å². The maximum absolute atomic E-state index is 14.3. The fourth-order valence-corrected chi connectivity index (χ4v) is 8.45. The molecule has 1 unspecified atom stereocenters. The lowest BCUT2D eigenvalue weighted by atomic mass is 9.39. The number of rotatable bonds is 5. The number of pyridine rings is 1. The maximum Gasteiger partial charge on any atom is 0.394 e. The van der Waals surface area contributed by atoms with Gasteiger partial charge in [0.25, 0.3) is 5.91 Å². The van der Waals surface area contributed by atoms with E-state index in [2.05, 4.69) is 15.3 Å². The van der Waals surface area contributed by atoms with Crippen LogP contribution in [0, 0.1) is 25.2 Å². The molecule has 12 nitrogen and oxygen atoms in total. The molecule has 0 aromatic carbocycles. The number of anilines is 1. The zero-order valence-corrected chi connectivity index (χ0v) is 26.3. The molecule has 0 spiro atoms. The van der Waals surface area contributed by atoms with E-state index < -0.39 is 28.9 Å². The lowest BCUT2D eigenvalue weighted by Crippen LogP contribution is -2.78. The number of alkyl halides is 3. The minimum Gasteiger partial charge on any atom is -0.504 e. The van der Waals surface area contributed by atoms with Gasteiger partial charge < -0.3 is 24.8 Å². The molecule has 47 heavy (non-hydrogen) atoms. The number of carbonyl (C=O) groups is 2. The van der Waals surface area contributed by atoms with Crippen LogP contribution < -0.4 is 15.6 Å². The molecule has 2 bridgehead atoms. The van der Waals surface area contributed by atoms with E-state index in [1.165, 1.54) is 6.33 Å². The van der Waals surface area contributed by atoms with Crippen LogP contribution in [0.25, 0.3) is 11.2 Å². The summed E-state index contributed by atoms with van der Waals surface area (Å²) in [5, 5.41) is 13.3. The van der Waals surface area contributed by atoms with Crippen molar-refractivity contribution in [2.75, 3.05) is 24.5 Å². The second-order valence-corrected chi connectivity index (χ2v) is 14.3. The Morgan fingerprint density at radius 3 is 2.49 bits per heavy atom. The van der Waals surface area contributed by atoms with E-state index in [9.17, 15) is 32.7 Å². The quantitative estimate of drug-likeness (QED) is 0.425. The van der Waals surface area contributed by atoms with Crippen LogP contribution in [0.4, 0.5) is 18.9 Å². The van der Waals surface area contributed by atoms with Gasteiger partial charge in [0.2, 0.25) is 11.3 Å². The Morgan fingerprint density at radius 2 is 1.81 bits per heavy atom. The summed E-state index contributed by atoms with van der Waals surface area (Å²) in [6.45, 7) is 6.12. The van der Waals surface area contributed by atoms with Gasteiger partial charge in [-0.25, -0.2) is 19.9 Å². The highest BCUT2D eigenvalue weighted by Crippen LogP contribution is 2.73. The molecular formula is C32H35F3N8O4. The zero-order valence-electron chi connectivity index (χ0n) is 26.3. The highest BCUT2D eigenvalue weighted by atomic mass is 19.4. The first-order chi connectivity index (χ1) is 22.2. The number of aromatic hydroxyl groups is 1. The Morgan fingerprint density at radius 1 is 1.09 bits per heavy atom. The van der Waals surface area contributed by atoms with Crippen molar-refractivity contribution in [3.05, 3.63) is 45.0 Å². The van der Waals surface area contributed by atoms with Crippen LogP contribution >= 0.6 is 0 Å². The normalized spacial score (nSPS) is 27.9. The monoisotopic (exact) mass is 652 g/mol. The fourth-order valence-electron chi connectivity index (χ4n) is 8.45. The minimum atomic E-state index is -4.28. The lowest BCUT2D eigenvalue weighted by Gasteiger charge is -2.70. The van der Waals surface area contributed by atoms with Crippen molar-refractivity contribution in [1.82, 2.24) is 34.7 Å². The highest BCUT2D eigenvalue weighted by Gasteiger charge is 2.79. The van der Waals surface area contributed by atoms with E-state index in [-0.39, 0.29) is 79.2 Å². The molecule has 3 aromatic rings. The van der Waals surface area contributed by atoms with Crippen LogP contribution in [0.1, 0.15) is 78.2 Å². The predicted molar refractivity (Wildman–Crippen MR) is 162 cm³/mol. The molecule has 4 saturated carbocycles. The van der Waals surface area contributed by atoms with E-state index in [1.54, 1.807) is 16.4 Å². The van der Waals surface area contributed by atoms with E-state index in [4.69, 9.17) is 9.97 Å². The Kier molecular flexibility index (Phi) is 6.31. The summed E-state index contributed by atoms with van der Waals surface area (Å²) in [5.41, 5.74) is 0.378. The van der Waals surface area contributed by atoms with Crippen molar-refractivity contribution in [2.45, 2.75) is 89.5 Å². The summed E-state index contributed by atoms with van der Waals surface area (Å²) in [7, 11) is 0. The van der Waals surface area contributed by atoms with Crippen LogP contribution in [-0.2, 0) is 17.8 Å². The molecule has 0 radical (unpaired) electrons. The van der Waals surface area contributed by atoms with Gasteiger partial charge in [0, 0.05) is 42.8 Å². The van der Waals surface area contributed by atoms with Crippen LogP contribution in [-0.4, -0.2) is 83.7 Å². The summed E-state index contributed by atoms with van der Waals surface area (Å²) in [4.78, 5) is 62.5. The van der Waals surface area contributed by atoms with Crippen molar-refractivity contribution in [2.24, 2.45) is 11.3 Å². The number of carbonyl (C=O) groups excluding carboxylic acids is 2. The van der Waals surface area contributed by atoms with Crippen LogP contribution in [0.3, 0.4) is 0 Å². The van der Waals surface area contributed by atoms with Gasteiger partial charge in [-0.05, 0) is 58.3 Å². The SMILES string of the molecule is Cc1nc2c(nc1C1CC1)c(=O)c1c(n2CC(=O)NC23CC(C(F)(F)F)(C2)C3)CC(C)[C@@H]2CN(C(=O)c3ncnc(C)c3O)CCN12. The lowest BCUT2D eigenvalue weighted by molar-refractivity contribution is -0.337. The standard InChI is InChI=1S/C32H35F3N8O4/c1-15-8-19-25(42-7-6-41(9-20(15)42)29(47)24-26(45)17(3)36-14-37-24)27(46)23-28(38-16(2)22(39-23)18-4-5-18)43(19)10-21(44)40-31-11-30(12-31,13-31)32(33,34)35/h14-15,18,20,45H,4-13H2,1-3H3,(H,40,44)/t15?,20-,30?,31?/m0/s1. The van der Waals surface area contributed by atoms with E-state index >= 15 is 0 Å². The second kappa shape index (κ2) is 9.86. The van der Waals surface area contributed by atoms with Gasteiger partial charge in [0.05, 0.1) is 22.5 Å². The van der Waals surface area contributed by atoms with Crippen LogP contribution in [0.2, 0.25) is 0 Å². The van der Waals surface area contributed by atoms with Crippen molar-refractivity contribution in [3.63, 3.8) is 0 Å². The zero-order chi connectivity index (χ0) is 33.2. The summed E-state index contributed by atoms with van der Waals surface area (Å²) < 4.78 is 42.1. The number of hydrogen-bond donors (Lipinski definition) is 2. The third-order valence-corrected chi connectivity index (χ3v) is 11.0. The number of aryl methyl sites for hydroxylation is 2. The third-order valence-electron chi connectivity index (χ3n) is 11.0. The molecule has 2 amide bonds. The van der Waals surface area contributed by atoms with E-state index in [0.29, 0.717) is 41.4 Å². The van der Waals surface area contributed by atoms with Crippen molar-refractivity contribution in [1.29, 1.82) is 0 Å². The first-order valence-electron chi connectivity index (χ1n) is 16.1. The molecule has 9 rings (SSSR count). The average Bonchev–Trinajstić information content (AvgIpc) is 3.82. The number of hydrogen-bond acceptors (Lipinski definition) is 9. The molecule has 5 fully saturated rings. The molecule has 6 aliphatic rings. The van der Waals surface area contributed by atoms with Crippen molar-refractivity contribution >= 4 is 28.7 Å². The van der Waals surface area contributed by atoms with Gasteiger partial charge in [0.1, 0.15) is 18.6 Å². The molecule has 1 saturated heterocycles. The van der Waals surface area contributed by atoms with Gasteiger partial charge in [-0.15, -0.1) is 0 Å². The molecule has 2 aliphatic heterocycles. The summed E-state index contributed by atoms with van der Waals surface area (Å²) in [5.74, 6) is -0.942. The second-order valence-electron chi connectivity index (χ2n) is 14.3. The summed E-state index contributed by atoms with van der Waals surface area (Å²) in [6.07, 6.45) is -1.07. The largest absolute Gasteiger partial charge is 0.504 e. The van der Waals surface area contributed by atoms with Gasteiger partial charge in [0.15, 0.2) is 22.6 Å². The highest BCUT2D eigenvalue weighted by molar-refractivity contribution is 5.95. The Balaban J connectivity index is 1.14. The summed E-state index contributed by atoms with van der Waals surface area (Å²) >= 11 is 0. The smallest absolute Gasteiger partial charge is 0.394 e. The summed E-state index contributed by atoms with van der Waals surface area (Å²) in [6, 6.07) is -0.238. The Bertz CT molecular complexity index is 1920. The first-order valence-corrected chi connectivity index (χ1v) is 16.1. The molecule has 3 aromatic heterocycles. The minimum absolute atomic E-state index is 0.0611. The van der Waals surface area contributed by atoms with Crippen LogP contribution in [0.15, 0.2) is 11.1 Å². The number of fused-ring (bicyclic) bond motifs is 4. The molecule has 4 aliphatic carbocycles. The number of aromatic nitrogens is 5. The number of halogens is 3. The molecule has 2 N–H and O–H groups in total. The average molecular weight is 653 g/mol. The first kappa shape index (κ1) is 30.1. The maximum atomic E-state index is 14.3. The van der Waals surface area contributed by atoms with Gasteiger partial charge in [-0.3, -0.25) is 14.4 Å². The van der Waals surface area contributed by atoms with Crippen molar-refractivity contribution < 1.29 is 27.9 Å². The van der Waals surface area contributed by atoms with Gasteiger partial charge in [-0.1, -0.05) is 6.92 Å². The molecule has 248 valence electrons. The fraction of sp³-hybridized carbons (Fsp3) is 0.594. The number of amides is 2. The van der Waals surface area contributed by atoms with Gasteiger partial charge in [-0.2, -0.15) is 13.2 Å². The molecule has 5 heterocycles. The number of nitrogens with one attached hydrogen (secondary N) is 1. The molecule has 2 atom stereocenters. The number of nitrogens with zero attached hydrogens (tertiary/aromatic N) is 7. The third kappa shape index (κ3) is 4.44. The van der Waals surface area contributed by atoms with E-state index in [0.717, 1.165) is 18.5 Å². The molecular weight excluding hydrogens is 617 g/mol. The van der Waals surface area contributed by atoms with Crippen molar-refractivity contribution in [3.8, 4) is 5.75 Å². The van der Waals surface area contributed by atoms with Crippen LogP contribution in [0.5, 0.6) is 5.75 Å².